The number of hydrogen-bond donors (Lipinski definition) is 1. The van der Waals surface area contributed by atoms with Gasteiger partial charge in [-0.15, -0.1) is 0 Å². The number of H-pyrrole nitrogens is 1. The second-order valence-corrected chi connectivity index (χ2v) is 5.79. The van der Waals surface area contributed by atoms with Gasteiger partial charge in [0, 0.05) is 11.6 Å². The van der Waals surface area contributed by atoms with Gasteiger partial charge in [-0.05, 0) is 39.2 Å². The van der Waals surface area contributed by atoms with E-state index in [9.17, 15) is 0 Å². The van der Waals surface area contributed by atoms with Gasteiger partial charge in [0.05, 0.1) is 16.7 Å². The molecule has 18 heavy (non-hydrogen) atoms. The summed E-state index contributed by atoms with van der Waals surface area (Å²) in [5, 5.41) is 8.06. The van der Waals surface area contributed by atoms with Crippen molar-refractivity contribution < 1.29 is 9.31 Å². The Morgan fingerprint density at radius 3 is 2.44 bits per heavy atom. The van der Waals surface area contributed by atoms with Crippen LogP contribution in [0.15, 0.2) is 24.4 Å². The molecule has 1 fully saturated rings. The molecule has 1 saturated heterocycles. The lowest BCUT2D eigenvalue weighted by atomic mass is 9.79. The first-order valence-corrected chi connectivity index (χ1v) is 6.18. The molecule has 1 aromatic heterocycles. The van der Waals surface area contributed by atoms with Crippen molar-refractivity contribution in [3.63, 3.8) is 0 Å². The van der Waals surface area contributed by atoms with Crippen molar-refractivity contribution in [2.75, 3.05) is 0 Å². The number of fused-ring (bicyclic) bond motifs is 1. The number of benzene rings is 1. The summed E-state index contributed by atoms with van der Waals surface area (Å²) in [5.74, 6) is 0. The summed E-state index contributed by atoms with van der Waals surface area (Å²) in [6, 6.07) is 6.04. The molecular weight excluding hydrogens is 227 g/mol. The van der Waals surface area contributed by atoms with Crippen molar-refractivity contribution in [2.24, 2.45) is 0 Å². The summed E-state index contributed by atoms with van der Waals surface area (Å²) >= 11 is 0. The zero-order valence-corrected chi connectivity index (χ0v) is 11.2. The summed E-state index contributed by atoms with van der Waals surface area (Å²) in [4.78, 5) is 0. The van der Waals surface area contributed by atoms with E-state index in [0.29, 0.717) is 0 Å². The second kappa shape index (κ2) is 3.59. The fraction of sp³-hybridized carbons (Fsp3) is 0.462. The SMILES string of the molecule is CC1(C)OB(c2ccc3n[nH]cc3c2)OC1(C)C. The summed E-state index contributed by atoms with van der Waals surface area (Å²) in [5.41, 5.74) is 1.38. The van der Waals surface area contributed by atoms with Crippen molar-refractivity contribution in [1.29, 1.82) is 0 Å². The molecule has 0 unspecified atom stereocenters. The Kier molecular flexibility index (Phi) is 2.34. The van der Waals surface area contributed by atoms with Crippen LogP contribution >= 0.6 is 0 Å². The Bertz CT molecular complexity index is 575. The van der Waals surface area contributed by atoms with E-state index >= 15 is 0 Å². The van der Waals surface area contributed by atoms with Crippen LogP contribution in [0.2, 0.25) is 0 Å². The molecule has 2 aromatic rings. The summed E-state index contributed by atoms with van der Waals surface area (Å²) in [6.45, 7) is 8.24. The number of aromatic amines is 1. The van der Waals surface area contributed by atoms with E-state index in [1.165, 1.54) is 0 Å². The lowest BCUT2D eigenvalue weighted by molar-refractivity contribution is 0.00578. The first kappa shape index (κ1) is 11.7. The average Bonchev–Trinajstić information content (AvgIpc) is 2.80. The van der Waals surface area contributed by atoms with E-state index < -0.39 is 0 Å². The molecule has 0 aliphatic carbocycles. The minimum Gasteiger partial charge on any atom is -0.399 e. The zero-order valence-electron chi connectivity index (χ0n) is 11.2. The van der Waals surface area contributed by atoms with Crippen LogP contribution in [0.1, 0.15) is 27.7 Å². The van der Waals surface area contributed by atoms with E-state index in [0.717, 1.165) is 16.4 Å². The summed E-state index contributed by atoms with van der Waals surface area (Å²) in [6.07, 6.45) is 1.88. The number of hydrogen-bond acceptors (Lipinski definition) is 3. The van der Waals surface area contributed by atoms with Gasteiger partial charge in [-0.3, -0.25) is 5.10 Å². The monoisotopic (exact) mass is 244 g/mol. The molecule has 1 aromatic carbocycles. The number of rotatable bonds is 1. The van der Waals surface area contributed by atoms with Gasteiger partial charge < -0.3 is 9.31 Å². The van der Waals surface area contributed by atoms with Crippen LogP contribution in [-0.2, 0) is 9.31 Å². The molecule has 5 heteroatoms. The van der Waals surface area contributed by atoms with Gasteiger partial charge in [-0.2, -0.15) is 5.10 Å². The van der Waals surface area contributed by atoms with Crippen LogP contribution in [0.5, 0.6) is 0 Å². The fourth-order valence-electron chi connectivity index (χ4n) is 2.09. The topological polar surface area (TPSA) is 47.1 Å². The van der Waals surface area contributed by atoms with Crippen LogP contribution in [0.4, 0.5) is 0 Å². The Hall–Kier alpha value is -1.33. The molecule has 0 bridgehead atoms. The van der Waals surface area contributed by atoms with Gasteiger partial charge in [0.2, 0.25) is 0 Å². The fourth-order valence-corrected chi connectivity index (χ4v) is 2.09. The first-order valence-electron chi connectivity index (χ1n) is 6.18. The number of aromatic nitrogens is 2. The maximum absolute atomic E-state index is 6.02. The molecule has 1 aliphatic rings. The molecule has 4 nitrogen and oxygen atoms in total. The third-order valence-corrected chi connectivity index (χ3v) is 3.98. The third kappa shape index (κ3) is 1.66. The first-order chi connectivity index (χ1) is 8.39. The van der Waals surface area contributed by atoms with Crippen LogP contribution in [0.25, 0.3) is 10.9 Å². The van der Waals surface area contributed by atoms with E-state index in [1.54, 1.807) is 0 Å². The highest BCUT2D eigenvalue weighted by atomic mass is 16.7. The van der Waals surface area contributed by atoms with Gasteiger partial charge in [0.1, 0.15) is 0 Å². The number of nitrogens with one attached hydrogen (secondary N) is 1. The lowest BCUT2D eigenvalue weighted by Crippen LogP contribution is -2.41. The molecule has 0 atom stereocenters. The van der Waals surface area contributed by atoms with Crippen LogP contribution in [-0.4, -0.2) is 28.5 Å². The van der Waals surface area contributed by atoms with E-state index in [4.69, 9.17) is 9.31 Å². The Balaban J connectivity index is 1.96. The van der Waals surface area contributed by atoms with Gasteiger partial charge in [0.15, 0.2) is 0 Å². The van der Waals surface area contributed by atoms with Crippen LogP contribution < -0.4 is 5.46 Å². The molecule has 0 radical (unpaired) electrons. The van der Waals surface area contributed by atoms with Crippen molar-refractivity contribution >= 4 is 23.5 Å². The van der Waals surface area contributed by atoms with Crippen molar-refractivity contribution in [1.82, 2.24) is 10.2 Å². The van der Waals surface area contributed by atoms with Crippen molar-refractivity contribution in [3.8, 4) is 0 Å². The van der Waals surface area contributed by atoms with Gasteiger partial charge >= 0.3 is 7.12 Å². The third-order valence-electron chi connectivity index (χ3n) is 3.98. The highest BCUT2D eigenvalue weighted by Crippen LogP contribution is 2.36. The minimum absolute atomic E-state index is 0.303. The number of nitrogens with zero attached hydrogens (tertiary/aromatic N) is 1. The Morgan fingerprint density at radius 1 is 1.11 bits per heavy atom. The van der Waals surface area contributed by atoms with E-state index in [2.05, 4.69) is 44.0 Å². The average molecular weight is 244 g/mol. The van der Waals surface area contributed by atoms with E-state index in [-0.39, 0.29) is 18.3 Å². The van der Waals surface area contributed by atoms with Crippen LogP contribution in [0.3, 0.4) is 0 Å². The minimum atomic E-state index is -0.311. The summed E-state index contributed by atoms with van der Waals surface area (Å²) < 4.78 is 12.0. The van der Waals surface area contributed by atoms with E-state index in [1.807, 2.05) is 18.3 Å². The quantitative estimate of drug-likeness (QED) is 0.779. The Morgan fingerprint density at radius 2 is 1.78 bits per heavy atom. The standard InChI is InChI=1S/C13H17BN2O2/c1-12(2)13(3,4)18-14(17-12)10-5-6-11-9(7-10)8-15-16-11/h5-8H,1-4H3,(H,15,16). The van der Waals surface area contributed by atoms with Crippen molar-refractivity contribution in [2.45, 2.75) is 38.9 Å². The smallest absolute Gasteiger partial charge is 0.399 e. The van der Waals surface area contributed by atoms with Gasteiger partial charge in [0.25, 0.3) is 0 Å². The van der Waals surface area contributed by atoms with Gasteiger partial charge in [-0.1, -0.05) is 12.1 Å². The Labute approximate surface area is 107 Å². The molecule has 94 valence electrons. The molecule has 1 aliphatic heterocycles. The predicted octanol–water partition coefficient (Wildman–Crippen LogP) is 1.86. The van der Waals surface area contributed by atoms with Crippen LogP contribution in [0, 0.1) is 0 Å². The van der Waals surface area contributed by atoms with Gasteiger partial charge in [-0.25, -0.2) is 0 Å². The highest BCUT2D eigenvalue weighted by molar-refractivity contribution is 6.62. The maximum atomic E-state index is 6.02. The largest absolute Gasteiger partial charge is 0.494 e. The zero-order chi connectivity index (χ0) is 13.0. The highest BCUT2D eigenvalue weighted by Gasteiger charge is 2.51. The van der Waals surface area contributed by atoms with Crippen molar-refractivity contribution in [3.05, 3.63) is 24.4 Å². The predicted molar refractivity (Wildman–Crippen MR) is 71.8 cm³/mol. The molecule has 0 amide bonds. The molecule has 3 rings (SSSR count). The molecular formula is C13H17BN2O2. The summed E-state index contributed by atoms with van der Waals surface area (Å²) in [7, 11) is -0.311. The normalized spacial score (nSPS) is 21.7. The molecule has 0 spiro atoms. The lowest BCUT2D eigenvalue weighted by Gasteiger charge is -2.32. The molecule has 1 N–H and O–H groups in total. The second-order valence-electron chi connectivity index (χ2n) is 5.79. The molecule has 2 heterocycles. The maximum Gasteiger partial charge on any atom is 0.494 e. The molecule has 0 saturated carbocycles.